The van der Waals surface area contributed by atoms with E-state index in [4.69, 9.17) is 14.2 Å². The van der Waals surface area contributed by atoms with Crippen molar-refractivity contribution < 1.29 is 44.8 Å². The van der Waals surface area contributed by atoms with Crippen LogP contribution in [0.25, 0.3) is 0 Å². The van der Waals surface area contributed by atoms with Crippen molar-refractivity contribution >= 4 is 0 Å². The van der Waals surface area contributed by atoms with Gasteiger partial charge in [0.15, 0.2) is 11.6 Å². The van der Waals surface area contributed by atoms with Gasteiger partial charge in [0.1, 0.15) is 33.6 Å². The average molecular weight is 451 g/mol. The van der Waals surface area contributed by atoms with Crippen LogP contribution in [0.5, 0.6) is 0 Å². The standard InChI is InChI=1S/C22H42O9/c1-13(2)15(5,23)16(6,24)19(9,27)22(12,30-13)31-20(10)14(3,4)29-21(11,28)18(8,26)17(20,7)25/h23-28H,1-12H3. The highest BCUT2D eigenvalue weighted by atomic mass is 16.8. The molecule has 31 heavy (non-hydrogen) atoms. The number of ether oxygens (including phenoxy) is 3. The molecule has 0 radical (unpaired) electrons. The van der Waals surface area contributed by atoms with E-state index < -0.39 is 56.4 Å². The Bertz CT molecular complexity index is 748. The second-order valence-electron chi connectivity index (χ2n) is 11.6. The van der Waals surface area contributed by atoms with Crippen LogP contribution in [0.4, 0.5) is 0 Å². The van der Waals surface area contributed by atoms with Crippen LogP contribution in [0, 0.1) is 0 Å². The molecular formula is C22H42O9. The Morgan fingerprint density at radius 3 is 1.29 bits per heavy atom. The average Bonchev–Trinajstić information content (AvgIpc) is 2.49. The van der Waals surface area contributed by atoms with Crippen molar-refractivity contribution in [1.29, 1.82) is 0 Å². The Morgan fingerprint density at radius 1 is 0.452 bits per heavy atom. The maximum Gasteiger partial charge on any atom is 0.198 e. The van der Waals surface area contributed by atoms with Gasteiger partial charge in [-0.15, -0.1) is 0 Å². The third kappa shape index (κ3) is 2.82. The minimum absolute atomic E-state index is 1.22. The van der Waals surface area contributed by atoms with Crippen LogP contribution in [-0.2, 0) is 14.2 Å². The molecule has 2 rings (SSSR count). The minimum atomic E-state index is -2.22. The SMILES string of the molecule is CC1(C)OC(C)(OC2(C)C(C)(C)OC(C)(O)C(C)(O)C2(C)O)C(C)(O)C(C)(O)C1(C)O. The maximum absolute atomic E-state index is 11.6. The van der Waals surface area contributed by atoms with Crippen molar-refractivity contribution in [3.05, 3.63) is 0 Å². The third-order valence-corrected chi connectivity index (χ3v) is 9.18. The topological polar surface area (TPSA) is 149 Å². The van der Waals surface area contributed by atoms with E-state index in [2.05, 4.69) is 0 Å². The molecular weight excluding hydrogens is 408 g/mol. The molecule has 2 aliphatic heterocycles. The molecule has 0 aliphatic carbocycles. The molecule has 9 heteroatoms. The lowest BCUT2D eigenvalue weighted by atomic mass is 9.59. The zero-order valence-corrected chi connectivity index (χ0v) is 20.9. The second kappa shape index (κ2) is 6.20. The number of rotatable bonds is 2. The zero-order chi connectivity index (χ0) is 25.1. The lowest BCUT2D eigenvalue weighted by Gasteiger charge is -2.70. The van der Waals surface area contributed by atoms with Gasteiger partial charge < -0.3 is 44.8 Å². The molecule has 9 nitrogen and oxygen atoms in total. The largest absolute Gasteiger partial charge is 0.384 e. The first kappa shape index (κ1) is 26.9. The Hall–Kier alpha value is -0.360. The number of hydrogen-bond donors (Lipinski definition) is 6. The van der Waals surface area contributed by atoms with Crippen LogP contribution in [0.2, 0.25) is 0 Å². The molecule has 184 valence electrons. The molecule has 8 atom stereocenters. The fourth-order valence-corrected chi connectivity index (χ4v) is 5.12. The summed E-state index contributed by atoms with van der Waals surface area (Å²) < 4.78 is 18.3. The predicted molar refractivity (Wildman–Crippen MR) is 112 cm³/mol. The van der Waals surface area contributed by atoms with Gasteiger partial charge in [0.25, 0.3) is 0 Å². The van der Waals surface area contributed by atoms with E-state index in [1.165, 1.54) is 55.4 Å². The van der Waals surface area contributed by atoms with Gasteiger partial charge in [-0.2, -0.15) is 0 Å². The fourth-order valence-electron chi connectivity index (χ4n) is 5.12. The van der Waals surface area contributed by atoms with E-state index in [-0.39, 0.29) is 0 Å². The highest BCUT2D eigenvalue weighted by molar-refractivity contribution is 5.25. The molecule has 2 fully saturated rings. The summed E-state index contributed by atoms with van der Waals surface area (Å²) in [7, 11) is 0. The van der Waals surface area contributed by atoms with Gasteiger partial charge in [0, 0.05) is 0 Å². The van der Waals surface area contributed by atoms with Gasteiger partial charge >= 0.3 is 0 Å². The lowest BCUT2D eigenvalue weighted by Crippen LogP contribution is -2.88. The van der Waals surface area contributed by atoms with Crippen LogP contribution < -0.4 is 0 Å². The molecule has 0 amide bonds. The molecule has 8 unspecified atom stereocenters. The van der Waals surface area contributed by atoms with Crippen LogP contribution in [0.1, 0.15) is 83.1 Å². The maximum atomic E-state index is 11.6. The summed E-state index contributed by atoms with van der Waals surface area (Å²) in [5.74, 6) is -4.16. The van der Waals surface area contributed by atoms with Crippen molar-refractivity contribution in [2.24, 2.45) is 0 Å². The molecule has 0 aromatic rings. The van der Waals surface area contributed by atoms with E-state index in [1.54, 1.807) is 27.7 Å². The smallest absolute Gasteiger partial charge is 0.198 e. The second-order valence-corrected chi connectivity index (χ2v) is 11.6. The van der Waals surface area contributed by atoms with Gasteiger partial charge in [-0.05, 0) is 83.1 Å². The molecule has 0 saturated carbocycles. The Balaban J connectivity index is 2.74. The van der Waals surface area contributed by atoms with Crippen molar-refractivity contribution in [2.75, 3.05) is 0 Å². The Morgan fingerprint density at radius 2 is 0.871 bits per heavy atom. The first-order valence-corrected chi connectivity index (χ1v) is 10.6. The third-order valence-electron chi connectivity index (χ3n) is 9.18. The predicted octanol–water partition coefficient (Wildman–Crippen LogP) is 0.559. The zero-order valence-electron chi connectivity index (χ0n) is 20.9. The van der Waals surface area contributed by atoms with Crippen molar-refractivity contribution in [3.63, 3.8) is 0 Å². The van der Waals surface area contributed by atoms with Crippen molar-refractivity contribution in [1.82, 2.24) is 0 Å². The molecule has 2 saturated heterocycles. The van der Waals surface area contributed by atoms with Gasteiger partial charge in [-0.3, -0.25) is 0 Å². The monoisotopic (exact) mass is 450 g/mol. The highest BCUT2D eigenvalue weighted by Crippen LogP contribution is 2.60. The van der Waals surface area contributed by atoms with Gasteiger partial charge in [0.05, 0.1) is 11.2 Å². The summed E-state index contributed by atoms with van der Waals surface area (Å²) in [4.78, 5) is 0. The first-order chi connectivity index (χ1) is 13.1. The molecule has 6 N–H and O–H groups in total. The van der Waals surface area contributed by atoms with Gasteiger partial charge in [-0.25, -0.2) is 0 Å². The van der Waals surface area contributed by atoms with E-state index in [0.717, 1.165) is 0 Å². The molecule has 0 spiro atoms. The molecule has 2 aliphatic rings. The van der Waals surface area contributed by atoms with Crippen LogP contribution in [0.15, 0.2) is 0 Å². The fraction of sp³-hybridized carbons (Fsp3) is 1.00. The van der Waals surface area contributed by atoms with Crippen LogP contribution in [0.3, 0.4) is 0 Å². The molecule has 0 bridgehead atoms. The Kier molecular flexibility index (Phi) is 5.37. The quantitative estimate of drug-likeness (QED) is 0.355. The normalized spacial score (nSPS) is 59.4. The summed E-state index contributed by atoms with van der Waals surface area (Å²) in [6.45, 7) is 16.7. The van der Waals surface area contributed by atoms with E-state index in [9.17, 15) is 30.6 Å². The van der Waals surface area contributed by atoms with Crippen molar-refractivity contribution in [3.8, 4) is 0 Å². The molecule has 0 aromatic carbocycles. The van der Waals surface area contributed by atoms with Crippen LogP contribution >= 0.6 is 0 Å². The summed E-state index contributed by atoms with van der Waals surface area (Å²) in [5, 5.41) is 67.4. The first-order valence-electron chi connectivity index (χ1n) is 10.6. The Labute approximate surface area is 184 Å². The van der Waals surface area contributed by atoms with E-state index in [1.807, 2.05) is 0 Å². The summed E-state index contributed by atoms with van der Waals surface area (Å²) in [6.07, 6.45) is 0. The minimum Gasteiger partial charge on any atom is -0.384 e. The highest BCUT2D eigenvalue weighted by Gasteiger charge is 2.79. The summed E-state index contributed by atoms with van der Waals surface area (Å²) in [6, 6.07) is 0. The summed E-state index contributed by atoms with van der Waals surface area (Å²) in [5.41, 5.74) is -15.3. The van der Waals surface area contributed by atoms with Gasteiger partial charge in [-0.1, -0.05) is 0 Å². The molecule has 2 heterocycles. The van der Waals surface area contributed by atoms with E-state index in [0.29, 0.717) is 0 Å². The lowest BCUT2D eigenvalue weighted by molar-refractivity contribution is -0.511. The number of hydrogen-bond acceptors (Lipinski definition) is 9. The molecule has 0 aromatic heterocycles. The van der Waals surface area contributed by atoms with Gasteiger partial charge in [0.2, 0.25) is 0 Å². The van der Waals surface area contributed by atoms with E-state index >= 15 is 0 Å². The number of aliphatic hydroxyl groups is 6. The summed E-state index contributed by atoms with van der Waals surface area (Å²) >= 11 is 0. The van der Waals surface area contributed by atoms with Crippen LogP contribution in [-0.4, -0.2) is 87.0 Å². The van der Waals surface area contributed by atoms with Crippen molar-refractivity contribution in [2.45, 2.75) is 139 Å².